The number of nitrogens with one attached hydrogen (secondary N) is 1. The first-order valence-corrected chi connectivity index (χ1v) is 9.73. The second-order valence-electron chi connectivity index (χ2n) is 7.38. The maximum absolute atomic E-state index is 14.3. The Hall–Kier alpha value is -1.62. The lowest BCUT2D eigenvalue weighted by molar-refractivity contribution is 0.205. The fourth-order valence-corrected chi connectivity index (χ4v) is 4.89. The van der Waals surface area contributed by atoms with Gasteiger partial charge in [0.1, 0.15) is 16.9 Å². The van der Waals surface area contributed by atoms with Gasteiger partial charge >= 0.3 is 0 Å². The number of alkyl halides is 1. The zero-order valence-corrected chi connectivity index (χ0v) is 17.1. The van der Waals surface area contributed by atoms with Gasteiger partial charge in [0.05, 0.1) is 23.6 Å². The highest BCUT2D eigenvalue weighted by molar-refractivity contribution is 7.99. The summed E-state index contributed by atoms with van der Waals surface area (Å²) in [6.45, 7) is 3.68. The van der Waals surface area contributed by atoms with Gasteiger partial charge in [0.25, 0.3) is 0 Å². The topological polar surface area (TPSA) is 92.9 Å². The second-order valence-corrected chi connectivity index (χ2v) is 8.55. The second kappa shape index (κ2) is 7.66. The largest absolute Gasteiger partial charge is 0.338 e. The first-order chi connectivity index (χ1) is 12.8. The minimum absolute atomic E-state index is 0. The van der Waals surface area contributed by atoms with Crippen molar-refractivity contribution in [1.82, 2.24) is 25.3 Å². The number of rotatable bonds is 3. The van der Waals surface area contributed by atoms with Crippen LogP contribution in [0.25, 0.3) is 0 Å². The van der Waals surface area contributed by atoms with Gasteiger partial charge in [0.2, 0.25) is 5.95 Å². The van der Waals surface area contributed by atoms with Gasteiger partial charge in [-0.25, -0.2) is 18.7 Å². The van der Waals surface area contributed by atoms with Crippen LogP contribution in [0, 0.1) is 11.7 Å². The monoisotopic (exact) mass is 429 g/mol. The molecule has 0 saturated carbocycles. The van der Waals surface area contributed by atoms with E-state index in [2.05, 4.69) is 25.3 Å². The molecule has 0 radical (unpaired) electrons. The van der Waals surface area contributed by atoms with Crippen LogP contribution in [0.15, 0.2) is 24.8 Å². The number of hydrogen-bond acceptors (Lipinski definition) is 8. The zero-order valence-electron chi connectivity index (χ0n) is 15.5. The van der Waals surface area contributed by atoms with Gasteiger partial charge in [-0.2, -0.15) is 0 Å². The third-order valence-corrected chi connectivity index (χ3v) is 6.12. The number of nitrogens with two attached hydrogens (primary N) is 1. The Balaban J connectivity index is 0.00000225. The molecular weight excluding hydrogens is 408 g/mol. The molecular formula is C17H22ClF2N7S. The molecule has 2 aliphatic heterocycles. The lowest BCUT2D eigenvalue weighted by Gasteiger charge is -2.41. The Bertz CT molecular complexity index is 838. The standard InChI is InChI=1S/C17H21F2N7S.ClH/c1-16(2,19)13-11(18)5-23-15(24-13)26-7-10-8-27-14(20)25-17(10,9-26)12-6-21-3-4-22-12;/h3-6,10,14,25H,7-9,20H2,1-2H3;1H/t10-,14?,17-;/m0./s1. The van der Waals surface area contributed by atoms with Crippen molar-refractivity contribution in [1.29, 1.82) is 0 Å². The van der Waals surface area contributed by atoms with E-state index in [0.717, 1.165) is 17.6 Å². The van der Waals surface area contributed by atoms with Gasteiger partial charge in [0, 0.05) is 37.2 Å². The molecule has 2 fully saturated rings. The molecule has 7 nitrogen and oxygen atoms in total. The van der Waals surface area contributed by atoms with Crippen molar-refractivity contribution < 1.29 is 8.78 Å². The van der Waals surface area contributed by atoms with Gasteiger partial charge in [0.15, 0.2) is 5.82 Å². The molecule has 2 aromatic heterocycles. The number of hydrogen-bond donors (Lipinski definition) is 2. The summed E-state index contributed by atoms with van der Waals surface area (Å²) in [5.74, 6) is 0.552. The maximum Gasteiger partial charge on any atom is 0.225 e. The first kappa shape index (κ1) is 21.1. The maximum atomic E-state index is 14.3. The van der Waals surface area contributed by atoms with Crippen LogP contribution in [0.3, 0.4) is 0 Å². The SMILES string of the molecule is CC(C)(F)c1nc(N2C[C@H]3CSC(N)N[C@@]3(c3cnccn3)C2)ncc1F.Cl. The van der Waals surface area contributed by atoms with E-state index >= 15 is 0 Å². The molecule has 2 aliphatic rings. The average molecular weight is 430 g/mol. The van der Waals surface area contributed by atoms with Crippen LogP contribution in [0.5, 0.6) is 0 Å². The minimum Gasteiger partial charge on any atom is -0.338 e. The van der Waals surface area contributed by atoms with Crippen molar-refractivity contribution in [2.75, 3.05) is 23.7 Å². The molecule has 28 heavy (non-hydrogen) atoms. The minimum atomic E-state index is -1.90. The lowest BCUT2D eigenvalue weighted by Crippen LogP contribution is -2.59. The van der Waals surface area contributed by atoms with E-state index in [1.807, 2.05) is 4.90 Å². The van der Waals surface area contributed by atoms with E-state index in [1.54, 1.807) is 30.4 Å². The van der Waals surface area contributed by atoms with E-state index in [9.17, 15) is 8.78 Å². The molecule has 11 heteroatoms. The average Bonchev–Trinajstić information content (AvgIpc) is 3.02. The number of halogens is 3. The van der Waals surface area contributed by atoms with Crippen molar-refractivity contribution in [3.63, 3.8) is 0 Å². The van der Waals surface area contributed by atoms with Gasteiger partial charge in [-0.15, -0.1) is 24.2 Å². The zero-order chi connectivity index (χ0) is 19.2. The van der Waals surface area contributed by atoms with Gasteiger partial charge < -0.3 is 10.6 Å². The highest BCUT2D eigenvalue weighted by Crippen LogP contribution is 2.43. The van der Waals surface area contributed by atoms with Crippen LogP contribution >= 0.6 is 24.2 Å². The molecule has 0 spiro atoms. The Morgan fingerprint density at radius 1 is 1.32 bits per heavy atom. The number of nitrogens with zero attached hydrogens (tertiary/aromatic N) is 5. The van der Waals surface area contributed by atoms with Crippen molar-refractivity contribution >= 4 is 30.1 Å². The number of thioether (sulfide) groups is 1. The Morgan fingerprint density at radius 3 is 2.79 bits per heavy atom. The smallest absolute Gasteiger partial charge is 0.225 e. The molecule has 1 unspecified atom stereocenters. The number of fused-ring (bicyclic) bond motifs is 1. The molecule has 152 valence electrons. The van der Waals surface area contributed by atoms with Crippen molar-refractivity contribution in [3.05, 3.63) is 42.0 Å². The van der Waals surface area contributed by atoms with Gasteiger partial charge in [-0.3, -0.25) is 15.3 Å². The molecule has 3 N–H and O–H groups in total. The van der Waals surface area contributed by atoms with E-state index < -0.39 is 17.0 Å². The number of anilines is 1. The van der Waals surface area contributed by atoms with Crippen molar-refractivity contribution in [3.8, 4) is 0 Å². The first-order valence-electron chi connectivity index (χ1n) is 8.68. The Morgan fingerprint density at radius 2 is 2.11 bits per heavy atom. The van der Waals surface area contributed by atoms with E-state index in [-0.39, 0.29) is 29.5 Å². The van der Waals surface area contributed by atoms with Crippen molar-refractivity contribution in [2.24, 2.45) is 11.7 Å². The molecule has 3 atom stereocenters. The van der Waals surface area contributed by atoms with Crippen LogP contribution < -0.4 is 16.0 Å². The molecule has 0 aromatic carbocycles. The summed E-state index contributed by atoms with van der Waals surface area (Å²) in [6.07, 6.45) is 6.03. The van der Waals surface area contributed by atoms with Crippen LogP contribution in [0.2, 0.25) is 0 Å². The van der Waals surface area contributed by atoms with Gasteiger partial charge in [-0.1, -0.05) is 0 Å². The molecule has 2 aromatic rings. The summed E-state index contributed by atoms with van der Waals surface area (Å²) in [7, 11) is 0. The summed E-state index contributed by atoms with van der Waals surface area (Å²) < 4.78 is 28.3. The predicted molar refractivity (Wildman–Crippen MR) is 106 cm³/mol. The molecule has 2 saturated heterocycles. The summed E-state index contributed by atoms with van der Waals surface area (Å²) in [5, 5.41) is 3.46. The normalized spacial score (nSPS) is 27.2. The highest BCUT2D eigenvalue weighted by Gasteiger charge is 2.52. The summed E-state index contributed by atoms with van der Waals surface area (Å²) in [4.78, 5) is 18.9. The Labute approximate surface area is 172 Å². The fraction of sp³-hybridized carbons (Fsp3) is 0.529. The molecule has 4 heterocycles. The van der Waals surface area contributed by atoms with Crippen LogP contribution in [-0.4, -0.2) is 44.3 Å². The third kappa shape index (κ3) is 3.66. The third-order valence-electron chi connectivity index (χ3n) is 5.05. The van der Waals surface area contributed by atoms with E-state index in [1.165, 1.54) is 13.8 Å². The number of aromatic nitrogens is 4. The van der Waals surface area contributed by atoms with Gasteiger partial charge in [-0.05, 0) is 13.8 Å². The van der Waals surface area contributed by atoms with Crippen LogP contribution in [-0.2, 0) is 11.2 Å². The lowest BCUT2D eigenvalue weighted by atomic mass is 9.85. The fourth-order valence-electron chi connectivity index (χ4n) is 3.76. The molecule has 0 amide bonds. The quantitative estimate of drug-likeness (QED) is 0.764. The van der Waals surface area contributed by atoms with Crippen molar-refractivity contribution in [2.45, 2.75) is 30.6 Å². The predicted octanol–water partition coefficient (Wildman–Crippen LogP) is 1.94. The van der Waals surface area contributed by atoms with E-state index in [4.69, 9.17) is 5.73 Å². The van der Waals surface area contributed by atoms with Crippen LogP contribution in [0.4, 0.5) is 14.7 Å². The molecule has 0 aliphatic carbocycles. The summed E-state index contributed by atoms with van der Waals surface area (Å²) >= 11 is 1.63. The summed E-state index contributed by atoms with van der Waals surface area (Å²) in [6, 6.07) is 0. The highest BCUT2D eigenvalue weighted by atomic mass is 35.5. The summed E-state index contributed by atoms with van der Waals surface area (Å²) in [5.41, 5.74) is 4.06. The molecule has 4 rings (SSSR count). The Kier molecular flexibility index (Phi) is 5.77. The van der Waals surface area contributed by atoms with E-state index in [0.29, 0.717) is 19.0 Å². The van der Waals surface area contributed by atoms with Crippen LogP contribution in [0.1, 0.15) is 25.2 Å². The molecule has 0 bridgehead atoms.